The molecule has 0 aromatic heterocycles. The van der Waals surface area contributed by atoms with Gasteiger partial charge in [0.1, 0.15) is 5.75 Å². The highest BCUT2D eigenvalue weighted by molar-refractivity contribution is 7.80. The topological polar surface area (TPSA) is 21.3 Å². The number of ether oxygens (including phenoxy) is 1. The van der Waals surface area contributed by atoms with E-state index in [0.29, 0.717) is 0 Å². The van der Waals surface area contributed by atoms with E-state index in [0.717, 1.165) is 24.6 Å². The van der Waals surface area contributed by atoms with Crippen molar-refractivity contribution in [3.05, 3.63) is 28.3 Å². The van der Waals surface area contributed by atoms with Crippen molar-refractivity contribution in [2.75, 3.05) is 19.4 Å². The van der Waals surface area contributed by atoms with E-state index < -0.39 is 0 Å². The van der Waals surface area contributed by atoms with Gasteiger partial charge in [-0.25, -0.2) is 0 Å². The second-order valence-corrected chi connectivity index (χ2v) is 4.47. The third-order valence-corrected chi connectivity index (χ3v) is 3.24. The van der Waals surface area contributed by atoms with E-state index in [1.54, 1.807) is 7.11 Å². The Kier molecular flexibility index (Phi) is 5.16. The van der Waals surface area contributed by atoms with Gasteiger partial charge in [0, 0.05) is 18.8 Å². The van der Waals surface area contributed by atoms with Crippen LogP contribution in [0, 0.1) is 20.8 Å². The number of rotatable bonds is 5. The molecule has 0 atom stereocenters. The average molecular weight is 239 g/mol. The highest BCUT2D eigenvalue weighted by Gasteiger charge is 2.09. The van der Waals surface area contributed by atoms with Crippen molar-refractivity contribution >= 4 is 12.6 Å². The summed E-state index contributed by atoms with van der Waals surface area (Å²) >= 11 is 4.19. The molecule has 1 N–H and O–H groups in total. The SMILES string of the molecule is COc1cc(C)c(CNCCS)c(C)c1C. The van der Waals surface area contributed by atoms with E-state index in [9.17, 15) is 0 Å². The number of hydrogen-bond acceptors (Lipinski definition) is 3. The molecule has 0 spiro atoms. The molecule has 1 aromatic rings. The lowest BCUT2D eigenvalue weighted by molar-refractivity contribution is 0.410. The molecular weight excluding hydrogens is 218 g/mol. The maximum Gasteiger partial charge on any atom is 0.122 e. The first-order chi connectivity index (χ1) is 7.61. The van der Waals surface area contributed by atoms with Crippen LogP contribution in [0.3, 0.4) is 0 Å². The summed E-state index contributed by atoms with van der Waals surface area (Å²) in [5.41, 5.74) is 5.21. The summed E-state index contributed by atoms with van der Waals surface area (Å²) in [6.45, 7) is 8.24. The summed E-state index contributed by atoms with van der Waals surface area (Å²) in [7, 11) is 1.72. The highest BCUT2D eigenvalue weighted by Crippen LogP contribution is 2.27. The fraction of sp³-hybridized carbons (Fsp3) is 0.538. The predicted molar refractivity (Wildman–Crippen MR) is 72.8 cm³/mol. The maximum atomic E-state index is 5.35. The van der Waals surface area contributed by atoms with Gasteiger partial charge >= 0.3 is 0 Å². The van der Waals surface area contributed by atoms with Crippen molar-refractivity contribution in [3.8, 4) is 5.75 Å². The quantitative estimate of drug-likeness (QED) is 0.609. The number of nitrogens with one attached hydrogen (secondary N) is 1. The second kappa shape index (κ2) is 6.16. The third kappa shape index (κ3) is 2.92. The number of aryl methyl sites for hydroxylation is 1. The Morgan fingerprint density at radius 3 is 2.50 bits per heavy atom. The van der Waals surface area contributed by atoms with Gasteiger partial charge in [-0.15, -0.1) is 0 Å². The number of benzene rings is 1. The molecule has 2 nitrogen and oxygen atoms in total. The molecule has 0 radical (unpaired) electrons. The van der Waals surface area contributed by atoms with E-state index in [1.165, 1.54) is 22.3 Å². The van der Waals surface area contributed by atoms with Crippen molar-refractivity contribution < 1.29 is 4.74 Å². The molecule has 0 saturated heterocycles. The first-order valence-corrected chi connectivity index (χ1v) is 6.20. The number of thiol groups is 1. The van der Waals surface area contributed by atoms with Gasteiger partial charge in [-0.3, -0.25) is 0 Å². The summed E-state index contributed by atoms with van der Waals surface area (Å²) in [5, 5.41) is 3.38. The normalized spacial score (nSPS) is 10.6. The minimum atomic E-state index is 0.868. The third-order valence-electron chi connectivity index (χ3n) is 3.02. The largest absolute Gasteiger partial charge is 0.496 e. The molecule has 0 heterocycles. The van der Waals surface area contributed by atoms with Crippen LogP contribution in [-0.2, 0) is 6.54 Å². The molecular formula is C13H21NOS. The van der Waals surface area contributed by atoms with Gasteiger partial charge in [-0.1, -0.05) is 0 Å². The van der Waals surface area contributed by atoms with Crippen LogP contribution >= 0.6 is 12.6 Å². The molecule has 0 aliphatic rings. The van der Waals surface area contributed by atoms with Gasteiger partial charge < -0.3 is 10.1 Å². The Hall–Kier alpha value is -0.670. The fourth-order valence-corrected chi connectivity index (χ4v) is 2.03. The molecule has 1 aromatic carbocycles. The Morgan fingerprint density at radius 1 is 1.25 bits per heavy atom. The first-order valence-electron chi connectivity index (χ1n) is 5.57. The zero-order valence-electron chi connectivity index (χ0n) is 10.6. The van der Waals surface area contributed by atoms with Crippen LogP contribution in [0.15, 0.2) is 6.07 Å². The average Bonchev–Trinajstić information content (AvgIpc) is 2.28. The van der Waals surface area contributed by atoms with Crippen molar-refractivity contribution in [3.63, 3.8) is 0 Å². The van der Waals surface area contributed by atoms with Crippen LogP contribution < -0.4 is 10.1 Å². The van der Waals surface area contributed by atoms with Crippen molar-refractivity contribution in [1.82, 2.24) is 5.32 Å². The lowest BCUT2D eigenvalue weighted by Crippen LogP contribution is -2.17. The molecule has 0 bridgehead atoms. The van der Waals surface area contributed by atoms with Crippen LogP contribution in [0.25, 0.3) is 0 Å². The molecule has 0 aliphatic carbocycles. The maximum absolute atomic E-state index is 5.35. The van der Waals surface area contributed by atoms with Gasteiger partial charge in [0.15, 0.2) is 0 Å². The van der Waals surface area contributed by atoms with Crippen molar-refractivity contribution in [2.24, 2.45) is 0 Å². The summed E-state index contributed by atoms with van der Waals surface area (Å²) in [6.07, 6.45) is 0. The van der Waals surface area contributed by atoms with Crippen molar-refractivity contribution in [2.45, 2.75) is 27.3 Å². The van der Waals surface area contributed by atoms with Gasteiger partial charge in [0.2, 0.25) is 0 Å². The second-order valence-electron chi connectivity index (χ2n) is 4.02. The van der Waals surface area contributed by atoms with E-state index in [-0.39, 0.29) is 0 Å². The minimum absolute atomic E-state index is 0.868. The number of hydrogen-bond donors (Lipinski definition) is 2. The molecule has 1 rings (SSSR count). The van der Waals surface area contributed by atoms with Crippen LogP contribution in [0.4, 0.5) is 0 Å². The minimum Gasteiger partial charge on any atom is -0.496 e. The summed E-state index contributed by atoms with van der Waals surface area (Å²) < 4.78 is 5.35. The van der Waals surface area contributed by atoms with Crippen LogP contribution in [0.1, 0.15) is 22.3 Å². The van der Waals surface area contributed by atoms with Crippen LogP contribution in [0.2, 0.25) is 0 Å². The molecule has 0 unspecified atom stereocenters. The van der Waals surface area contributed by atoms with E-state index in [1.807, 2.05) is 0 Å². The molecule has 0 amide bonds. The lowest BCUT2D eigenvalue weighted by Gasteiger charge is -2.16. The van der Waals surface area contributed by atoms with E-state index in [2.05, 4.69) is 44.8 Å². The monoisotopic (exact) mass is 239 g/mol. The Labute approximate surface area is 104 Å². The summed E-state index contributed by atoms with van der Waals surface area (Å²) in [4.78, 5) is 0. The zero-order valence-corrected chi connectivity index (χ0v) is 11.4. The molecule has 0 fully saturated rings. The molecule has 0 aliphatic heterocycles. The van der Waals surface area contributed by atoms with Crippen LogP contribution in [0.5, 0.6) is 5.75 Å². The fourth-order valence-electron chi connectivity index (χ4n) is 1.88. The van der Waals surface area contributed by atoms with E-state index in [4.69, 9.17) is 4.74 Å². The smallest absolute Gasteiger partial charge is 0.122 e. The lowest BCUT2D eigenvalue weighted by atomic mass is 9.97. The first kappa shape index (κ1) is 13.4. The Balaban J connectivity index is 2.96. The standard InChI is InChI=1S/C13H21NOS/c1-9-7-13(15-4)11(3)10(2)12(9)8-14-5-6-16/h7,14,16H,5-6,8H2,1-4H3. The zero-order chi connectivity index (χ0) is 12.1. The Morgan fingerprint density at radius 2 is 1.94 bits per heavy atom. The summed E-state index contributed by atoms with van der Waals surface area (Å²) in [6, 6.07) is 2.11. The predicted octanol–water partition coefficient (Wildman–Crippen LogP) is 2.64. The van der Waals surface area contributed by atoms with Gasteiger partial charge in [-0.05, 0) is 49.1 Å². The van der Waals surface area contributed by atoms with Crippen LogP contribution in [-0.4, -0.2) is 19.4 Å². The van der Waals surface area contributed by atoms with Gasteiger partial charge in [0.25, 0.3) is 0 Å². The molecule has 0 saturated carbocycles. The highest BCUT2D eigenvalue weighted by atomic mass is 32.1. The number of methoxy groups -OCH3 is 1. The van der Waals surface area contributed by atoms with Gasteiger partial charge in [0.05, 0.1) is 7.11 Å². The molecule has 16 heavy (non-hydrogen) atoms. The molecule has 90 valence electrons. The van der Waals surface area contributed by atoms with Gasteiger partial charge in [-0.2, -0.15) is 12.6 Å². The Bertz CT molecular complexity index is 363. The van der Waals surface area contributed by atoms with E-state index >= 15 is 0 Å². The summed E-state index contributed by atoms with van der Waals surface area (Å²) in [5.74, 6) is 1.85. The van der Waals surface area contributed by atoms with Crippen molar-refractivity contribution in [1.29, 1.82) is 0 Å². The molecule has 3 heteroatoms.